The fourth-order valence-electron chi connectivity index (χ4n) is 1.92. The first kappa shape index (κ1) is 9.46. The summed E-state index contributed by atoms with van der Waals surface area (Å²) in [6.45, 7) is 2.22. The van der Waals surface area contributed by atoms with Gasteiger partial charge < -0.3 is 10.6 Å². The zero-order valence-corrected chi connectivity index (χ0v) is 8.59. The van der Waals surface area contributed by atoms with E-state index in [0.717, 1.165) is 18.9 Å². The summed E-state index contributed by atoms with van der Waals surface area (Å²) in [7, 11) is 1.91. The molecule has 1 aromatic heterocycles. The number of pyridine rings is 1. The lowest BCUT2D eigenvalue weighted by molar-refractivity contribution is 0.455. The monoisotopic (exact) mass is 191 g/mol. The SMILES string of the molecule is CNc1cccc(C2CCCNC2)n1. The van der Waals surface area contributed by atoms with Crippen LogP contribution in [0.4, 0.5) is 5.82 Å². The van der Waals surface area contributed by atoms with Gasteiger partial charge >= 0.3 is 0 Å². The van der Waals surface area contributed by atoms with Crippen molar-refractivity contribution in [1.82, 2.24) is 10.3 Å². The highest BCUT2D eigenvalue weighted by molar-refractivity contribution is 5.35. The summed E-state index contributed by atoms with van der Waals surface area (Å²) in [5.41, 5.74) is 1.21. The van der Waals surface area contributed by atoms with Crippen LogP contribution in [0.15, 0.2) is 18.2 Å². The second kappa shape index (κ2) is 4.42. The van der Waals surface area contributed by atoms with Crippen molar-refractivity contribution >= 4 is 5.82 Å². The van der Waals surface area contributed by atoms with Gasteiger partial charge in [-0.05, 0) is 31.5 Å². The summed E-state index contributed by atoms with van der Waals surface area (Å²) >= 11 is 0. The fraction of sp³-hybridized carbons (Fsp3) is 0.545. The Morgan fingerprint density at radius 3 is 3.14 bits per heavy atom. The summed E-state index contributed by atoms with van der Waals surface area (Å²) in [4.78, 5) is 4.56. The molecule has 0 radical (unpaired) electrons. The Balaban J connectivity index is 2.13. The standard InChI is InChI=1S/C11H17N3/c1-12-11-6-2-5-10(14-11)9-4-3-7-13-8-9/h2,5-6,9,13H,3-4,7-8H2,1H3,(H,12,14). The molecule has 1 atom stereocenters. The van der Waals surface area contributed by atoms with E-state index in [-0.39, 0.29) is 0 Å². The zero-order chi connectivity index (χ0) is 9.80. The molecule has 1 aliphatic rings. The molecule has 0 aromatic carbocycles. The van der Waals surface area contributed by atoms with Gasteiger partial charge in [-0.3, -0.25) is 0 Å². The molecule has 0 aliphatic carbocycles. The maximum Gasteiger partial charge on any atom is 0.125 e. The lowest BCUT2D eigenvalue weighted by atomic mass is 9.96. The van der Waals surface area contributed by atoms with Crippen LogP contribution in [0.3, 0.4) is 0 Å². The summed E-state index contributed by atoms with van der Waals surface area (Å²) in [5, 5.41) is 6.49. The highest BCUT2D eigenvalue weighted by atomic mass is 15.0. The van der Waals surface area contributed by atoms with Crippen LogP contribution < -0.4 is 10.6 Å². The quantitative estimate of drug-likeness (QED) is 0.745. The normalized spacial score (nSPS) is 21.9. The van der Waals surface area contributed by atoms with Crippen LogP contribution in [0.1, 0.15) is 24.5 Å². The second-order valence-corrected chi connectivity index (χ2v) is 3.74. The second-order valence-electron chi connectivity index (χ2n) is 3.74. The Kier molecular flexibility index (Phi) is 2.99. The molecular weight excluding hydrogens is 174 g/mol. The van der Waals surface area contributed by atoms with Crippen molar-refractivity contribution in [3.8, 4) is 0 Å². The Bertz CT molecular complexity index is 292. The van der Waals surface area contributed by atoms with Crippen LogP contribution in [-0.2, 0) is 0 Å². The van der Waals surface area contributed by atoms with E-state index in [9.17, 15) is 0 Å². The number of anilines is 1. The van der Waals surface area contributed by atoms with Gasteiger partial charge in [0.2, 0.25) is 0 Å². The lowest BCUT2D eigenvalue weighted by Crippen LogP contribution is -2.28. The first-order chi connectivity index (χ1) is 6.90. The average molecular weight is 191 g/mol. The van der Waals surface area contributed by atoms with Gasteiger partial charge in [0, 0.05) is 25.2 Å². The molecule has 3 heteroatoms. The molecule has 76 valence electrons. The first-order valence-electron chi connectivity index (χ1n) is 5.25. The van der Waals surface area contributed by atoms with Crippen molar-refractivity contribution in [3.05, 3.63) is 23.9 Å². The lowest BCUT2D eigenvalue weighted by Gasteiger charge is -2.22. The van der Waals surface area contributed by atoms with Gasteiger partial charge in [0.25, 0.3) is 0 Å². The van der Waals surface area contributed by atoms with Crippen molar-refractivity contribution in [2.75, 3.05) is 25.5 Å². The molecule has 0 saturated carbocycles. The predicted molar refractivity (Wildman–Crippen MR) is 58.6 cm³/mol. The first-order valence-corrected chi connectivity index (χ1v) is 5.25. The molecule has 2 N–H and O–H groups in total. The maximum absolute atomic E-state index is 4.56. The predicted octanol–water partition coefficient (Wildman–Crippen LogP) is 1.59. The van der Waals surface area contributed by atoms with E-state index in [1.165, 1.54) is 18.5 Å². The molecule has 1 aliphatic heterocycles. The molecule has 1 unspecified atom stereocenters. The van der Waals surface area contributed by atoms with E-state index in [2.05, 4.69) is 27.8 Å². The van der Waals surface area contributed by atoms with Gasteiger partial charge in [0.1, 0.15) is 5.82 Å². The smallest absolute Gasteiger partial charge is 0.125 e. The third-order valence-electron chi connectivity index (χ3n) is 2.74. The van der Waals surface area contributed by atoms with Crippen molar-refractivity contribution in [3.63, 3.8) is 0 Å². The van der Waals surface area contributed by atoms with Gasteiger partial charge in [-0.2, -0.15) is 0 Å². The van der Waals surface area contributed by atoms with Crippen molar-refractivity contribution in [2.45, 2.75) is 18.8 Å². The van der Waals surface area contributed by atoms with Gasteiger partial charge in [-0.1, -0.05) is 6.07 Å². The molecular formula is C11H17N3. The van der Waals surface area contributed by atoms with E-state index >= 15 is 0 Å². The summed E-state index contributed by atoms with van der Waals surface area (Å²) < 4.78 is 0. The summed E-state index contributed by atoms with van der Waals surface area (Å²) in [5.74, 6) is 1.56. The van der Waals surface area contributed by atoms with E-state index in [1.807, 2.05) is 13.1 Å². The van der Waals surface area contributed by atoms with Crippen LogP contribution in [-0.4, -0.2) is 25.1 Å². The number of rotatable bonds is 2. The third-order valence-corrected chi connectivity index (χ3v) is 2.74. The topological polar surface area (TPSA) is 37.0 Å². The van der Waals surface area contributed by atoms with Crippen molar-refractivity contribution in [1.29, 1.82) is 0 Å². The number of piperidine rings is 1. The van der Waals surface area contributed by atoms with E-state index in [4.69, 9.17) is 0 Å². The van der Waals surface area contributed by atoms with Crippen molar-refractivity contribution < 1.29 is 0 Å². The third kappa shape index (κ3) is 2.04. The highest BCUT2D eigenvalue weighted by Gasteiger charge is 2.16. The van der Waals surface area contributed by atoms with Gasteiger partial charge in [0.15, 0.2) is 0 Å². The van der Waals surface area contributed by atoms with Gasteiger partial charge in [-0.15, -0.1) is 0 Å². The van der Waals surface area contributed by atoms with Crippen LogP contribution in [0.2, 0.25) is 0 Å². The van der Waals surface area contributed by atoms with Crippen LogP contribution >= 0.6 is 0 Å². The molecule has 0 bridgehead atoms. The molecule has 3 nitrogen and oxygen atoms in total. The minimum absolute atomic E-state index is 0.594. The van der Waals surface area contributed by atoms with E-state index in [0.29, 0.717) is 5.92 Å². The Morgan fingerprint density at radius 2 is 2.43 bits per heavy atom. The molecule has 2 rings (SSSR count). The Labute approximate surface area is 84.9 Å². The number of hydrogen-bond acceptors (Lipinski definition) is 3. The zero-order valence-electron chi connectivity index (χ0n) is 8.59. The minimum Gasteiger partial charge on any atom is -0.373 e. The number of aromatic nitrogens is 1. The maximum atomic E-state index is 4.56. The van der Waals surface area contributed by atoms with Crippen LogP contribution in [0.5, 0.6) is 0 Å². The van der Waals surface area contributed by atoms with E-state index < -0.39 is 0 Å². The molecule has 1 aromatic rings. The summed E-state index contributed by atoms with van der Waals surface area (Å²) in [6.07, 6.45) is 2.52. The average Bonchev–Trinajstić information content (AvgIpc) is 2.30. The minimum atomic E-state index is 0.594. The molecule has 1 saturated heterocycles. The largest absolute Gasteiger partial charge is 0.373 e. The van der Waals surface area contributed by atoms with Gasteiger partial charge in [-0.25, -0.2) is 4.98 Å². The molecule has 2 heterocycles. The van der Waals surface area contributed by atoms with Crippen molar-refractivity contribution in [2.24, 2.45) is 0 Å². The van der Waals surface area contributed by atoms with Crippen LogP contribution in [0.25, 0.3) is 0 Å². The van der Waals surface area contributed by atoms with E-state index in [1.54, 1.807) is 0 Å². The number of nitrogens with zero attached hydrogens (tertiary/aromatic N) is 1. The molecule has 0 amide bonds. The Morgan fingerprint density at radius 1 is 1.50 bits per heavy atom. The highest BCUT2D eigenvalue weighted by Crippen LogP contribution is 2.22. The summed E-state index contributed by atoms with van der Waals surface area (Å²) in [6, 6.07) is 6.20. The fourth-order valence-corrected chi connectivity index (χ4v) is 1.92. The molecule has 0 spiro atoms. The number of nitrogens with one attached hydrogen (secondary N) is 2. The molecule has 1 fully saturated rings. The van der Waals surface area contributed by atoms with Gasteiger partial charge in [0.05, 0.1) is 0 Å². The Hall–Kier alpha value is -1.09. The number of hydrogen-bond donors (Lipinski definition) is 2. The van der Waals surface area contributed by atoms with Crippen LogP contribution in [0, 0.1) is 0 Å². The molecule has 14 heavy (non-hydrogen) atoms.